The maximum Gasteiger partial charge on any atom is 0.256 e. The number of anilines is 1. The number of ether oxygens (including phenoxy) is 1. The molecule has 0 aliphatic carbocycles. The van der Waals surface area contributed by atoms with E-state index in [0.29, 0.717) is 6.10 Å². The molecule has 28 heavy (non-hydrogen) atoms. The zero-order valence-electron chi connectivity index (χ0n) is 16.1. The van der Waals surface area contributed by atoms with Gasteiger partial charge in [0.15, 0.2) is 0 Å². The van der Waals surface area contributed by atoms with E-state index in [-0.39, 0.29) is 5.91 Å². The first-order valence-corrected chi connectivity index (χ1v) is 9.95. The highest BCUT2D eigenvalue weighted by molar-refractivity contribution is 6.24. The third-order valence-corrected chi connectivity index (χ3v) is 5.77. The van der Waals surface area contributed by atoms with Gasteiger partial charge in [0.1, 0.15) is 0 Å². The molecular formula is C24H24N2O2. The molecule has 3 aromatic rings. The van der Waals surface area contributed by atoms with Gasteiger partial charge in [-0.1, -0.05) is 42.5 Å². The van der Waals surface area contributed by atoms with Crippen molar-refractivity contribution < 1.29 is 9.53 Å². The fraction of sp³-hybridized carbons (Fsp3) is 0.292. The summed E-state index contributed by atoms with van der Waals surface area (Å²) in [5.74, 6) is -0.000431. The number of nitrogens with zero attached hydrogens (tertiary/aromatic N) is 1. The van der Waals surface area contributed by atoms with Crippen LogP contribution in [0.1, 0.15) is 34.0 Å². The van der Waals surface area contributed by atoms with E-state index in [1.165, 1.54) is 22.1 Å². The largest absolute Gasteiger partial charge is 0.376 e. The Bertz CT molecular complexity index is 1040. The van der Waals surface area contributed by atoms with Gasteiger partial charge < -0.3 is 10.1 Å². The van der Waals surface area contributed by atoms with Crippen LogP contribution in [0.25, 0.3) is 10.8 Å². The van der Waals surface area contributed by atoms with Crippen LogP contribution in [0.15, 0.2) is 54.6 Å². The van der Waals surface area contributed by atoms with Crippen molar-refractivity contribution in [3.63, 3.8) is 0 Å². The van der Waals surface area contributed by atoms with Crippen molar-refractivity contribution in [3.8, 4) is 0 Å². The van der Waals surface area contributed by atoms with Crippen LogP contribution in [-0.4, -0.2) is 36.6 Å². The lowest BCUT2D eigenvalue weighted by Gasteiger charge is -2.31. The van der Waals surface area contributed by atoms with Crippen LogP contribution >= 0.6 is 0 Å². The fourth-order valence-electron chi connectivity index (χ4n) is 4.38. The molecule has 142 valence electrons. The maximum absolute atomic E-state index is 12.1. The Labute approximate surface area is 165 Å². The van der Waals surface area contributed by atoms with E-state index >= 15 is 0 Å². The number of carbonyl (C=O) groups is 1. The van der Waals surface area contributed by atoms with E-state index < -0.39 is 0 Å². The molecule has 1 N–H and O–H groups in total. The Balaban J connectivity index is 1.36. The van der Waals surface area contributed by atoms with Gasteiger partial charge in [0.05, 0.1) is 12.7 Å². The lowest BCUT2D eigenvalue weighted by Crippen LogP contribution is -2.40. The molecule has 0 saturated carbocycles. The average Bonchev–Trinajstić information content (AvgIpc) is 3.03. The topological polar surface area (TPSA) is 41.6 Å². The van der Waals surface area contributed by atoms with Crippen molar-refractivity contribution in [2.45, 2.75) is 26.0 Å². The minimum atomic E-state index is -0.000431. The summed E-state index contributed by atoms with van der Waals surface area (Å²) in [5, 5.41) is 5.18. The van der Waals surface area contributed by atoms with Gasteiger partial charge in [-0.05, 0) is 47.6 Å². The van der Waals surface area contributed by atoms with Crippen LogP contribution in [0.2, 0.25) is 0 Å². The molecule has 4 nitrogen and oxygen atoms in total. The van der Waals surface area contributed by atoms with Gasteiger partial charge in [-0.15, -0.1) is 0 Å². The summed E-state index contributed by atoms with van der Waals surface area (Å²) >= 11 is 0. The van der Waals surface area contributed by atoms with Gasteiger partial charge in [0.25, 0.3) is 5.91 Å². The predicted molar refractivity (Wildman–Crippen MR) is 112 cm³/mol. The molecule has 0 spiro atoms. The van der Waals surface area contributed by atoms with Gasteiger partial charge in [0, 0.05) is 36.3 Å². The summed E-state index contributed by atoms with van der Waals surface area (Å²) in [6.07, 6.45) is 1.18. The quantitative estimate of drug-likeness (QED) is 0.746. The summed E-state index contributed by atoms with van der Waals surface area (Å²) in [5.41, 5.74) is 5.59. The first-order valence-electron chi connectivity index (χ1n) is 9.95. The number of carbonyl (C=O) groups excluding carboxylic acids is 1. The maximum atomic E-state index is 12.1. The van der Waals surface area contributed by atoms with E-state index in [0.717, 1.165) is 49.3 Å². The van der Waals surface area contributed by atoms with Crippen LogP contribution in [0, 0.1) is 0 Å². The minimum absolute atomic E-state index is 0.000431. The van der Waals surface area contributed by atoms with Crippen LogP contribution < -0.4 is 5.32 Å². The summed E-state index contributed by atoms with van der Waals surface area (Å²) in [6.45, 7) is 5.93. The van der Waals surface area contributed by atoms with Crippen LogP contribution in [0.4, 0.5) is 5.69 Å². The molecule has 2 aliphatic rings. The average molecular weight is 372 g/mol. The second kappa shape index (κ2) is 7.04. The standard InChI is InChI=1S/C24H24N2O2/c1-16-14-26(11-12-28-16)15-18-7-5-17(6-8-18)13-19-9-10-22-23-20(19)3-2-4-21(23)24(27)25-22/h2-10,16H,11-15H2,1H3,(H,25,27). The number of benzene rings is 3. The zero-order valence-corrected chi connectivity index (χ0v) is 16.1. The Hall–Kier alpha value is -2.69. The van der Waals surface area contributed by atoms with Gasteiger partial charge >= 0.3 is 0 Å². The van der Waals surface area contributed by atoms with E-state index in [9.17, 15) is 4.79 Å². The molecule has 0 radical (unpaired) electrons. The van der Waals surface area contributed by atoms with Crippen molar-refractivity contribution >= 4 is 22.4 Å². The number of rotatable bonds is 4. The van der Waals surface area contributed by atoms with Crippen LogP contribution in [0.5, 0.6) is 0 Å². The number of amides is 1. The molecular weight excluding hydrogens is 348 g/mol. The van der Waals surface area contributed by atoms with Gasteiger partial charge in [0.2, 0.25) is 0 Å². The van der Waals surface area contributed by atoms with Crippen molar-refractivity contribution in [1.82, 2.24) is 4.90 Å². The normalized spacial score (nSPS) is 19.2. The molecule has 3 aromatic carbocycles. The van der Waals surface area contributed by atoms with Crippen LogP contribution in [0.3, 0.4) is 0 Å². The molecule has 2 heterocycles. The Morgan fingerprint density at radius 1 is 1.07 bits per heavy atom. The lowest BCUT2D eigenvalue weighted by atomic mass is 9.95. The summed E-state index contributed by atoms with van der Waals surface area (Å²) < 4.78 is 5.63. The highest BCUT2D eigenvalue weighted by atomic mass is 16.5. The molecule has 4 heteroatoms. The first-order chi connectivity index (χ1) is 13.7. The van der Waals surface area contributed by atoms with Crippen LogP contribution in [-0.2, 0) is 17.7 Å². The van der Waals surface area contributed by atoms with E-state index in [4.69, 9.17) is 4.74 Å². The molecule has 5 rings (SSSR count). The lowest BCUT2D eigenvalue weighted by molar-refractivity contribution is -0.0212. The van der Waals surface area contributed by atoms with Gasteiger partial charge in [-0.3, -0.25) is 9.69 Å². The van der Waals surface area contributed by atoms with E-state index in [1.807, 2.05) is 18.2 Å². The van der Waals surface area contributed by atoms with Gasteiger partial charge in [-0.25, -0.2) is 0 Å². The third-order valence-electron chi connectivity index (χ3n) is 5.77. The second-order valence-corrected chi connectivity index (χ2v) is 7.86. The van der Waals surface area contributed by atoms with Crippen molar-refractivity contribution in [3.05, 3.63) is 76.9 Å². The molecule has 0 aromatic heterocycles. The molecule has 0 bridgehead atoms. The summed E-state index contributed by atoms with van der Waals surface area (Å²) in [4.78, 5) is 14.6. The third kappa shape index (κ3) is 3.19. The van der Waals surface area contributed by atoms with Crippen molar-refractivity contribution in [2.24, 2.45) is 0 Å². The van der Waals surface area contributed by atoms with Crippen molar-refractivity contribution in [1.29, 1.82) is 0 Å². The monoisotopic (exact) mass is 372 g/mol. The van der Waals surface area contributed by atoms with Crippen molar-refractivity contribution in [2.75, 3.05) is 25.0 Å². The van der Waals surface area contributed by atoms with E-state index in [2.05, 4.69) is 53.5 Å². The molecule has 2 aliphatic heterocycles. The molecule has 1 fully saturated rings. The molecule has 1 amide bonds. The first kappa shape index (κ1) is 17.4. The Morgan fingerprint density at radius 3 is 2.71 bits per heavy atom. The number of nitrogens with one attached hydrogen (secondary N) is 1. The Morgan fingerprint density at radius 2 is 1.89 bits per heavy atom. The minimum Gasteiger partial charge on any atom is -0.376 e. The zero-order chi connectivity index (χ0) is 19.1. The van der Waals surface area contributed by atoms with E-state index in [1.54, 1.807) is 0 Å². The SMILES string of the molecule is CC1CN(Cc2ccc(Cc3ccc4c5c(cccc35)C(=O)N4)cc2)CCO1. The number of hydrogen-bond acceptors (Lipinski definition) is 3. The molecule has 1 atom stereocenters. The number of hydrogen-bond donors (Lipinski definition) is 1. The summed E-state index contributed by atoms with van der Waals surface area (Å²) in [6, 6.07) is 19.1. The fourth-order valence-corrected chi connectivity index (χ4v) is 4.38. The number of morpholine rings is 1. The summed E-state index contributed by atoms with van der Waals surface area (Å²) in [7, 11) is 0. The highest BCUT2D eigenvalue weighted by Gasteiger charge is 2.22. The highest BCUT2D eigenvalue weighted by Crippen LogP contribution is 2.35. The predicted octanol–water partition coefficient (Wildman–Crippen LogP) is 4.22. The molecule has 1 saturated heterocycles. The Kier molecular flexibility index (Phi) is 4.38. The molecule has 1 unspecified atom stereocenters. The smallest absolute Gasteiger partial charge is 0.256 e. The second-order valence-electron chi connectivity index (χ2n) is 7.86. The van der Waals surface area contributed by atoms with Gasteiger partial charge in [-0.2, -0.15) is 0 Å².